The fourth-order valence-corrected chi connectivity index (χ4v) is 5.90. The van der Waals surface area contributed by atoms with E-state index in [1.165, 1.54) is 10.9 Å². The number of hydrogen-bond donors (Lipinski definition) is 2. The second-order valence-corrected chi connectivity index (χ2v) is 9.66. The molecule has 2 bridgehead atoms. The van der Waals surface area contributed by atoms with Crippen LogP contribution in [0.15, 0.2) is 66.9 Å². The number of ether oxygens (including phenoxy) is 2. The van der Waals surface area contributed by atoms with Gasteiger partial charge in [0.1, 0.15) is 11.4 Å². The molecule has 4 heterocycles. The van der Waals surface area contributed by atoms with Crippen molar-refractivity contribution < 1.29 is 19.1 Å². The van der Waals surface area contributed by atoms with E-state index in [1.807, 2.05) is 59.6 Å². The third-order valence-corrected chi connectivity index (χ3v) is 7.68. The Morgan fingerprint density at radius 3 is 2.86 bits per heavy atom. The number of amides is 2. The van der Waals surface area contributed by atoms with Crippen LogP contribution in [0.3, 0.4) is 0 Å². The van der Waals surface area contributed by atoms with Gasteiger partial charge in [-0.15, -0.1) is 0 Å². The summed E-state index contributed by atoms with van der Waals surface area (Å²) in [5.74, 6) is -0.218. The molecule has 3 aliphatic heterocycles. The second kappa shape index (κ2) is 8.57. The summed E-state index contributed by atoms with van der Waals surface area (Å²) < 4.78 is 11.5. The van der Waals surface area contributed by atoms with Gasteiger partial charge in [0, 0.05) is 30.2 Å². The number of para-hydroxylation sites is 1. The van der Waals surface area contributed by atoms with Crippen molar-refractivity contribution in [3.8, 4) is 5.75 Å². The third kappa shape index (κ3) is 3.71. The molecule has 1 aromatic heterocycles. The van der Waals surface area contributed by atoms with E-state index in [0.717, 1.165) is 23.3 Å². The van der Waals surface area contributed by atoms with E-state index in [0.29, 0.717) is 26.1 Å². The van der Waals surface area contributed by atoms with Crippen LogP contribution in [0.25, 0.3) is 10.9 Å². The number of nitrogens with one attached hydrogen (secondary N) is 2. The van der Waals surface area contributed by atoms with Crippen molar-refractivity contribution in [1.82, 2.24) is 15.2 Å². The van der Waals surface area contributed by atoms with Crippen molar-refractivity contribution in [3.05, 3.63) is 78.0 Å². The first kappa shape index (κ1) is 21.9. The molecule has 7 nitrogen and oxygen atoms in total. The van der Waals surface area contributed by atoms with Crippen molar-refractivity contribution in [2.75, 3.05) is 26.7 Å². The van der Waals surface area contributed by atoms with Crippen LogP contribution in [-0.4, -0.2) is 60.1 Å². The zero-order chi connectivity index (χ0) is 24.0. The van der Waals surface area contributed by atoms with Gasteiger partial charge in [0.05, 0.1) is 31.6 Å². The SMILES string of the molecule is COc1ccc(CCNC(=O)[C@H]2[C@H]3C=C[C@@]4(CN(CCc5c[nH]c6ccccc56)C(=O)[C@@H]24)O3)cc1. The predicted octanol–water partition coefficient (Wildman–Crippen LogP) is 2.86. The van der Waals surface area contributed by atoms with Crippen molar-refractivity contribution >= 4 is 22.7 Å². The maximum absolute atomic E-state index is 13.5. The topological polar surface area (TPSA) is 83.7 Å². The van der Waals surface area contributed by atoms with Gasteiger partial charge in [0.15, 0.2) is 0 Å². The largest absolute Gasteiger partial charge is 0.497 e. The van der Waals surface area contributed by atoms with Gasteiger partial charge in [-0.3, -0.25) is 9.59 Å². The van der Waals surface area contributed by atoms with Crippen molar-refractivity contribution in [3.63, 3.8) is 0 Å². The van der Waals surface area contributed by atoms with E-state index in [4.69, 9.17) is 9.47 Å². The number of rotatable bonds is 8. The molecule has 0 aliphatic carbocycles. The van der Waals surface area contributed by atoms with Gasteiger partial charge < -0.3 is 24.7 Å². The molecule has 3 aromatic rings. The first-order valence-electron chi connectivity index (χ1n) is 12.2. The van der Waals surface area contributed by atoms with Crippen LogP contribution < -0.4 is 10.1 Å². The van der Waals surface area contributed by atoms with Crippen LogP contribution in [0.5, 0.6) is 5.75 Å². The number of aromatic nitrogens is 1. The Hall–Kier alpha value is -3.58. The molecule has 2 saturated heterocycles. The number of carbonyl (C=O) groups excluding carboxylic acids is 2. The summed E-state index contributed by atoms with van der Waals surface area (Å²) in [5.41, 5.74) is 2.73. The molecule has 180 valence electrons. The molecule has 3 aliphatic rings. The normalized spacial score (nSPS) is 26.5. The number of likely N-dealkylation sites (tertiary alicyclic amines) is 1. The van der Waals surface area contributed by atoms with E-state index >= 15 is 0 Å². The fraction of sp³-hybridized carbons (Fsp3) is 0.357. The van der Waals surface area contributed by atoms with Crippen molar-refractivity contribution in [1.29, 1.82) is 0 Å². The number of fused-ring (bicyclic) bond motifs is 2. The fourth-order valence-electron chi connectivity index (χ4n) is 5.90. The number of carbonyl (C=O) groups is 2. The third-order valence-electron chi connectivity index (χ3n) is 7.68. The number of nitrogens with zero attached hydrogens (tertiary/aromatic N) is 1. The van der Waals surface area contributed by atoms with E-state index in [-0.39, 0.29) is 17.9 Å². The molecular formula is C28H29N3O4. The molecule has 6 rings (SSSR count). The van der Waals surface area contributed by atoms with Crippen LogP contribution in [0, 0.1) is 11.8 Å². The lowest BCUT2D eigenvalue weighted by atomic mass is 9.77. The van der Waals surface area contributed by atoms with E-state index in [1.54, 1.807) is 7.11 Å². The first-order chi connectivity index (χ1) is 17.1. The molecule has 1 spiro atoms. The summed E-state index contributed by atoms with van der Waals surface area (Å²) in [7, 11) is 1.64. The van der Waals surface area contributed by atoms with E-state index in [2.05, 4.69) is 22.4 Å². The maximum atomic E-state index is 13.5. The lowest BCUT2D eigenvalue weighted by Gasteiger charge is -2.23. The average Bonchev–Trinajstić information content (AvgIpc) is 3.63. The van der Waals surface area contributed by atoms with Crippen molar-refractivity contribution in [2.24, 2.45) is 11.8 Å². The number of benzene rings is 2. The molecule has 0 saturated carbocycles. The minimum absolute atomic E-state index is 0.0204. The Bertz CT molecular complexity index is 1300. The standard InChI is InChI=1S/C28H29N3O4/c1-34-20-8-6-18(7-9-20)11-14-29-26(32)24-23-10-13-28(35-23)17-31(27(33)25(24)28)15-12-19-16-30-22-5-3-2-4-21(19)22/h2-10,13,16,23-25,30H,11-12,14-15,17H2,1H3,(H,29,32)/t23-,24+,25-,28+/m1/s1. The highest BCUT2D eigenvalue weighted by Gasteiger charge is 2.66. The van der Waals surface area contributed by atoms with E-state index in [9.17, 15) is 9.59 Å². The quantitative estimate of drug-likeness (QED) is 0.495. The van der Waals surface area contributed by atoms with Crippen LogP contribution in [0.4, 0.5) is 0 Å². The van der Waals surface area contributed by atoms with Gasteiger partial charge in [0.2, 0.25) is 11.8 Å². The zero-order valence-corrected chi connectivity index (χ0v) is 19.7. The summed E-state index contributed by atoms with van der Waals surface area (Å²) >= 11 is 0. The monoisotopic (exact) mass is 471 g/mol. The maximum Gasteiger partial charge on any atom is 0.230 e. The van der Waals surface area contributed by atoms with Crippen molar-refractivity contribution in [2.45, 2.75) is 24.5 Å². The Balaban J connectivity index is 1.10. The predicted molar refractivity (Wildman–Crippen MR) is 132 cm³/mol. The van der Waals surface area contributed by atoms with Gasteiger partial charge in [-0.05, 0) is 42.2 Å². The lowest BCUT2D eigenvalue weighted by molar-refractivity contribution is -0.137. The molecule has 2 N–H and O–H groups in total. The highest BCUT2D eigenvalue weighted by Crippen LogP contribution is 2.51. The van der Waals surface area contributed by atoms with Gasteiger partial charge in [0.25, 0.3) is 0 Å². The van der Waals surface area contributed by atoms with Gasteiger partial charge in [-0.2, -0.15) is 0 Å². The lowest BCUT2D eigenvalue weighted by Crippen LogP contribution is -2.44. The van der Waals surface area contributed by atoms with Gasteiger partial charge in [-0.25, -0.2) is 0 Å². The molecule has 0 radical (unpaired) electrons. The zero-order valence-electron chi connectivity index (χ0n) is 19.7. The van der Waals surface area contributed by atoms with Gasteiger partial charge >= 0.3 is 0 Å². The molecular weight excluding hydrogens is 442 g/mol. The highest BCUT2D eigenvalue weighted by molar-refractivity contribution is 5.93. The highest BCUT2D eigenvalue weighted by atomic mass is 16.5. The number of H-pyrrole nitrogens is 1. The van der Waals surface area contributed by atoms with Crippen LogP contribution in [0.2, 0.25) is 0 Å². The van der Waals surface area contributed by atoms with Crippen LogP contribution in [0.1, 0.15) is 11.1 Å². The Morgan fingerprint density at radius 2 is 2.03 bits per heavy atom. The molecule has 2 fully saturated rings. The molecule has 2 amide bonds. The summed E-state index contributed by atoms with van der Waals surface area (Å²) in [4.78, 5) is 31.8. The molecule has 7 heteroatoms. The number of hydrogen-bond acceptors (Lipinski definition) is 4. The minimum Gasteiger partial charge on any atom is -0.497 e. The summed E-state index contributed by atoms with van der Waals surface area (Å²) in [6, 6.07) is 16.0. The average molecular weight is 472 g/mol. The van der Waals surface area contributed by atoms with Crippen LogP contribution >= 0.6 is 0 Å². The van der Waals surface area contributed by atoms with E-state index < -0.39 is 17.4 Å². The molecule has 2 aromatic carbocycles. The summed E-state index contributed by atoms with van der Waals surface area (Å²) in [6.07, 6.45) is 7.12. The second-order valence-electron chi connectivity index (χ2n) is 9.66. The minimum atomic E-state index is -0.681. The number of methoxy groups -OCH3 is 1. The smallest absolute Gasteiger partial charge is 0.230 e. The van der Waals surface area contributed by atoms with Gasteiger partial charge in [-0.1, -0.05) is 42.5 Å². The Morgan fingerprint density at radius 1 is 1.20 bits per heavy atom. The molecule has 35 heavy (non-hydrogen) atoms. The van der Waals surface area contributed by atoms with Crippen LogP contribution in [-0.2, 0) is 27.2 Å². The Kier molecular flexibility index (Phi) is 5.37. The summed E-state index contributed by atoms with van der Waals surface area (Å²) in [5, 5.41) is 4.23. The molecule has 0 unspecified atom stereocenters. The first-order valence-corrected chi connectivity index (χ1v) is 12.2. The summed E-state index contributed by atoms with van der Waals surface area (Å²) in [6.45, 7) is 1.62. The number of aromatic amines is 1. The molecule has 4 atom stereocenters. The Labute approximate surface area is 204 Å².